The highest BCUT2D eigenvalue weighted by Gasteiger charge is 2.04. The van der Waals surface area contributed by atoms with Gasteiger partial charge in [-0.3, -0.25) is 4.98 Å². The van der Waals surface area contributed by atoms with Gasteiger partial charge in [-0.25, -0.2) is 0 Å². The Morgan fingerprint density at radius 2 is 1.94 bits per heavy atom. The molecule has 1 aromatic carbocycles. The first-order valence-electron chi connectivity index (χ1n) is 5.17. The van der Waals surface area contributed by atoms with Crippen molar-refractivity contribution in [3.05, 3.63) is 63.9 Å². The van der Waals surface area contributed by atoms with Crippen LogP contribution >= 0.6 is 23.2 Å². The number of hydrogen-bond acceptors (Lipinski definition) is 2. The van der Waals surface area contributed by atoms with Crippen molar-refractivity contribution in [1.82, 2.24) is 4.98 Å². The van der Waals surface area contributed by atoms with E-state index in [0.29, 0.717) is 21.2 Å². The van der Waals surface area contributed by atoms with E-state index in [4.69, 9.17) is 23.2 Å². The summed E-state index contributed by atoms with van der Waals surface area (Å²) in [6.07, 6.45) is 5.11. The van der Waals surface area contributed by atoms with Gasteiger partial charge in [0, 0.05) is 22.4 Å². The van der Waals surface area contributed by atoms with Crippen LogP contribution in [0.25, 0.3) is 11.6 Å². The van der Waals surface area contributed by atoms with Gasteiger partial charge >= 0.3 is 0 Å². The number of halogens is 2. The summed E-state index contributed by atoms with van der Waals surface area (Å²) in [5.41, 5.74) is 2.04. The molecule has 0 radical (unpaired) electrons. The first-order valence-corrected chi connectivity index (χ1v) is 5.93. The first-order chi connectivity index (χ1) is 8.69. The zero-order valence-electron chi connectivity index (χ0n) is 9.27. The van der Waals surface area contributed by atoms with E-state index in [0.717, 1.165) is 5.56 Å². The number of aromatic nitrogens is 1. The summed E-state index contributed by atoms with van der Waals surface area (Å²) in [5, 5.41) is 10.2. The Labute approximate surface area is 115 Å². The van der Waals surface area contributed by atoms with Gasteiger partial charge in [0.15, 0.2) is 0 Å². The molecule has 0 aliphatic carbocycles. The molecule has 0 atom stereocenters. The quantitative estimate of drug-likeness (QED) is 0.759. The molecule has 0 saturated carbocycles. The maximum Gasteiger partial charge on any atom is 0.0998 e. The van der Waals surface area contributed by atoms with E-state index in [1.807, 2.05) is 12.1 Å². The maximum atomic E-state index is 9.20. The molecule has 0 fully saturated rings. The van der Waals surface area contributed by atoms with Gasteiger partial charge in [0.05, 0.1) is 11.6 Å². The second-order valence-corrected chi connectivity index (χ2v) is 4.49. The van der Waals surface area contributed by atoms with Gasteiger partial charge in [-0.15, -0.1) is 0 Å². The number of pyridine rings is 1. The van der Waals surface area contributed by atoms with E-state index in [1.54, 1.807) is 36.7 Å². The Balaban J connectivity index is 2.46. The molecule has 18 heavy (non-hydrogen) atoms. The zero-order chi connectivity index (χ0) is 13.0. The third kappa shape index (κ3) is 3.10. The third-order valence-electron chi connectivity index (χ3n) is 2.29. The van der Waals surface area contributed by atoms with Crippen molar-refractivity contribution in [1.29, 1.82) is 5.26 Å². The largest absolute Gasteiger partial charge is 0.264 e. The van der Waals surface area contributed by atoms with Gasteiger partial charge in [-0.05, 0) is 41.5 Å². The molecule has 0 saturated heterocycles. The van der Waals surface area contributed by atoms with Gasteiger partial charge in [0.1, 0.15) is 0 Å². The maximum absolute atomic E-state index is 9.20. The lowest BCUT2D eigenvalue weighted by Gasteiger charge is -2.02. The predicted molar refractivity (Wildman–Crippen MR) is 74.2 cm³/mol. The van der Waals surface area contributed by atoms with Gasteiger partial charge in [0.2, 0.25) is 0 Å². The summed E-state index contributed by atoms with van der Waals surface area (Å²) in [6, 6.07) is 10.9. The highest BCUT2D eigenvalue weighted by molar-refractivity contribution is 6.35. The molecule has 0 aliphatic rings. The molecule has 0 unspecified atom stereocenters. The van der Waals surface area contributed by atoms with Crippen LogP contribution in [0.2, 0.25) is 10.0 Å². The van der Waals surface area contributed by atoms with E-state index < -0.39 is 0 Å². The van der Waals surface area contributed by atoms with Crippen LogP contribution in [-0.2, 0) is 0 Å². The lowest BCUT2D eigenvalue weighted by atomic mass is 10.0. The number of benzene rings is 1. The fraction of sp³-hybridized carbons (Fsp3) is 0. The highest BCUT2D eigenvalue weighted by Crippen LogP contribution is 2.25. The minimum atomic E-state index is 0.493. The van der Waals surface area contributed by atoms with Crippen LogP contribution in [0.5, 0.6) is 0 Å². The first kappa shape index (κ1) is 12.6. The van der Waals surface area contributed by atoms with Crippen molar-refractivity contribution in [3.63, 3.8) is 0 Å². The fourth-order valence-corrected chi connectivity index (χ4v) is 2.04. The summed E-state index contributed by atoms with van der Waals surface area (Å²) < 4.78 is 0. The second-order valence-electron chi connectivity index (χ2n) is 3.61. The van der Waals surface area contributed by atoms with E-state index in [9.17, 15) is 5.26 Å². The molecule has 0 spiro atoms. The number of hydrogen-bond donors (Lipinski definition) is 0. The smallest absolute Gasteiger partial charge is 0.0998 e. The molecular formula is C14H8Cl2N2. The summed E-state index contributed by atoms with van der Waals surface area (Å²) in [5.74, 6) is 0. The van der Waals surface area contributed by atoms with Crippen LogP contribution < -0.4 is 0 Å². The van der Waals surface area contributed by atoms with Crippen LogP contribution in [0.15, 0.2) is 42.7 Å². The topological polar surface area (TPSA) is 36.7 Å². The zero-order valence-corrected chi connectivity index (χ0v) is 10.8. The third-order valence-corrected chi connectivity index (χ3v) is 2.73. The van der Waals surface area contributed by atoms with Crippen LogP contribution in [0, 0.1) is 11.3 Å². The molecule has 0 N–H and O–H groups in total. The van der Waals surface area contributed by atoms with E-state index in [1.165, 1.54) is 0 Å². The molecule has 4 heteroatoms. The second kappa shape index (κ2) is 5.68. The van der Waals surface area contributed by atoms with Crippen molar-refractivity contribution >= 4 is 34.9 Å². The van der Waals surface area contributed by atoms with Gasteiger partial charge in [-0.2, -0.15) is 5.26 Å². The number of nitriles is 1. The Kier molecular flexibility index (Phi) is 3.99. The number of rotatable bonds is 2. The van der Waals surface area contributed by atoms with Crippen LogP contribution in [0.3, 0.4) is 0 Å². The Hall–Kier alpha value is -1.82. The van der Waals surface area contributed by atoms with Crippen molar-refractivity contribution in [2.24, 2.45) is 0 Å². The van der Waals surface area contributed by atoms with E-state index in [-0.39, 0.29) is 0 Å². The highest BCUT2D eigenvalue weighted by atomic mass is 35.5. The monoisotopic (exact) mass is 274 g/mol. The summed E-state index contributed by atoms with van der Waals surface area (Å²) in [6.45, 7) is 0. The van der Waals surface area contributed by atoms with Crippen LogP contribution in [0.1, 0.15) is 11.1 Å². The van der Waals surface area contributed by atoms with Crippen molar-refractivity contribution < 1.29 is 0 Å². The Morgan fingerprint density at radius 1 is 1.22 bits per heavy atom. The van der Waals surface area contributed by atoms with Crippen LogP contribution in [0.4, 0.5) is 0 Å². The van der Waals surface area contributed by atoms with Crippen molar-refractivity contribution in [2.45, 2.75) is 0 Å². The van der Waals surface area contributed by atoms with Crippen molar-refractivity contribution in [3.8, 4) is 6.07 Å². The van der Waals surface area contributed by atoms with E-state index >= 15 is 0 Å². The SMILES string of the molecule is N#C/C(=C\c1cccnc1)c1cc(Cl)cc(Cl)c1. The minimum Gasteiger partial charge on any atom is -0.264 e. The van der Waals surface area contributed by atoms with Gasteiger partial charge in [-0.1, -0.05) is 29.3 Å². The molecule has 88 valence electrons. The van der Waals surface area contributed by atoms with Gasteiger partial charge in [0.25, 0.3) is 0 Å². The Morgan fingerprint density at radius 3 is 2.50 bits per heavy atom. The van der Waals surface area contributed by atoms with Gasteiger partial charge < -0.3 is 0 Å². The van der Waals surface area contributed by atoms with E-state index in [2.05, 4.69) is 11.1 Å². The fourth-order valence-electron chi connectivity index (χ4n) is 1.52. The summed E-state index contributed by atoms with van der Waals surface area (Å²) in [4.78, 5) is 3.99. The molecule has 0 aliphatic heterocycles. The van der Waals surface area contributed by atoms with Crippen molar-refractivity contribution in [2.75, 3.05) is 0 Å². The standard InChI is InChI=1S/C14H8Cl2N2/c15-13-5-11(6-14(16)7-13)12(8-17)4-10-2-1-3-18-9-10/h1-7,9H/b12-4+. The average molecular weight is 275 g/mol. The lowest BCUT2D eigenvalue weighted by molar-refractivity contribution is 1.32. The molecular weight excluding hydrogens is 267 g/mol. The Bertz CT molecular complexity index is 608. The average Bonchev–Trinajstić information content (AvgIpc) is 2.36. The summed E-state index contributed by atoms with van der Waals surface area (Å²) in [7, 11) is 0. The predicted octanol–water partition coefficient (Wildman–Crippen LogP) is 4.45. The molecule has 2 rings (SSSR count). The number of nitrogens with zero attached hydrogens (tertiary/aromatic N) is 2. The minimum absolute atomic E-state index is 0.493. The summed E-state index contributed by atoms with van der Waals surface area (Å²) >= 11 is 11.8. The number of allylic oxidation sites excluding steroid dienone is 1. The lowest BCUT2D eigenvalue weighted by Crippen LogP contribution is -1.83. The molecule has 0 amide bonds. The van der Waals surface area contributed by atoms with Crippen LogP contribution in [-0.4, -0.2) is 4.98 Å². The molecule has 2 aromatic rings. The molecule has 1 heterocycles. The normalized spacial score (nSPS) is 11.1. The molecule has 2 nitrogen and oxygen atoms in total. The molecule has 1 aromatic heterocycles. The molecule has 0 bridgehead atoms.